The average molecular weight is 369 g/mol. The number of aryl methyl sites for hydroxylation is 1. The predicted octanol–water partition coefficient (Wildman–Crippen LogP) is 4.63. The number of para-hydroxylation sites is 1. The molecule has 1 aliphatic rings. The molecule has 4 rings (SSSR count). The number of nitrogens with zero attached hydrogens (tertiary/aromatic N) is 2. The molecule has 6 heteroatoms. The molecular formula is C20H18ClFN4. The van der Waals surface area contributed by atoms with Gasteiger partial charge in [-0.05, 0) is 36.8 Å². The van der Waals surface area contributed by atoms with Gasteiger partial charge in [-0.25, -0.2) is 14.4 Å². The number of rotatable bonds is 3. The van der Waals surface area contributed by atoms with Gasteiger partial charge in [-0.3, -0.25) is 0 Å². The van der Waals surface area contributed by atoms with Crippen LogP contribution in [0.1, 0.15) is 16.8 Å². The van der Waals surface area contributed by atoms with Gasteiger partial charge in [0.2, 0.25) is 0 Å². The van der Waals surface area contributed by atoms with Crippen molar-refractivity contribution in [1.29, 1.82) is 0 Å². The Hall–Kier alpha value is -2.50. The molecule has 0 bridgehead atoms. The van der Waals surface area contributed by atoms with Crippen molar-refractivity contribution in [2.75, 3.05) is 11.9 Å². The van der Waals surface area contributed by atoms with Crippen molar-refractivity contribution in [1.82, 2.24) is 15.3 Å². The minimum Gasteiger partial charge on any atom is -0.340 e. The second kappa shape index (κ2) is 7.02. The van der Waals surface area contributed by atoms with Crippen LogP contribution in [0.25, 0.3) is 11.4 Å². The number of aromatic nitrogens is 2. The van der Waals surface area contributed by atoms with Crippen LogP contribution in [0.2, 0.25) is 5.02 Å². The first-order valence-corrected chi connectivity index (χ1v) is 8.88. The Bertz CT molecular complexity index is 974. The summed E-state index contributed by atoms with van der Waals surface area (Å²) in [6.45, 7) is 3.55. The first-order chi connectivity index (χ1) is 12.6. The van der Waals surface area contributed by atoms with E-state index in [9.17, 15) is 4.39 Å². The SMILES string of the molecule is Cc1ccccc1Nc1nc(-c2cc(Cl)ccc2F)nc2c1CNCC2. The minimum atomic E-state index is -0.384. The highest BCUT2D eigenvalue weighted by Gasteiger charge is 2.20. The Balaban J connectivity index is 1.85. The maximum Gasteiger partial charge on any atom is 0.164 e. The lowest BCUT2D eigenvalue weighted by atomic mass is 10.1. The molecule has 1 aliphatic heterocycles. The van der Waals surface area contributed by atoms with E-state index in [2.05, 4.69) is 20.6 Å². The summed E-state index contributed by atoms with van der Waals surface area (Å²) in [5.74, 6) is 0.665. The molecule has 0 saturated heterocycles. The fourth-order valence-electron chi connectivity index (χ4n) is 3.08. The van der Waals surface area contributed by atoms with E-state index < -0.39 is 0 Å². The number of anilines is 2. The van der Waals surface area contributed by atoms with Crippen molar-refractivity contribution in [3.8, 4) is 11.4 Å². The summed E-state index contributed by atoms with van der Waals surface area (Å²) in [5.41, 5.74) is 4.34. The molecule has 0 unspecified atom stereocenters. The summed E-state index contributed by atoms with van der Waals surface area (Å²) in [5, 5.41) is 7.20. The molecule has 2 aromatic carbocycles. The maximum atomic E-state index is 14.3. The summed E-state index contributed by atoms with van der Waals surface area (Å²) in [7, 11) is 0. The van der Waals surface area contributed by atoms with E-state index in [-0.39, 0.29) is 5.82 Å². The van der Waals surface area contributed by atoms with Crippen LogP contribution in [0.15, 0.2) is 42.5 Å². The third-order valence-electron chi connectivity index (χ3n) is 4.50. The summed E-state index contributed by atoms with van der Waals surface area (Å²) < 4.78 is 14.3. The highest BCUT2D eigenvalue weighted by molar-refractivity contribution is 6.30. The molecule has 26 heavy (non-hydrogen) atoms. The van der Waals surface area contributed by atoms with E-state index in [0.29, 0.717) is 28.8 Å². The molecule has 0 fully saturated rings. The lowest BCUT2D eigenvalue weighted by Crippen LogP contribution is -2.26. The minimum absolute atomic E-state index is 0.312. The van der Waals surface area contributed by atoms with Crippen LogP contribution in [0.5, 0.6) is 0 Å². The van der Waals surface area contributed by atoms with Gasteiger partial charge < -0.3 is 10.6 Å². The molecule has 1 aromatic heterocycles. The quantitative estimate of drug-likeness (QED) is 0.707. The molecule has 3 aromatic rings. The number of halogens is 2. The monoisotopic (exact) mass is 368 g/mol. The summed E-state index contributed by atoms with van der Waals surface area (Å²) in [4.78, 5) is 9.25. The molecule has 0 atom stereocenters. The van der Waals surface area contributed by atoms with Crippen LogP contribution in [0, 0.1) is 12.7 Å². The summed E-state index contributed by atoms with van der Waals surface area (Å²) >= 11 is 6.05. The molecule has 0 aliphatic carbocycles. The molecule has 0 amide bonds. The van der Waals surface area contributed by atoms with Gasteiger partial charge in [-0.1, -0.05) is 29.8 Å². The van der Waals surface area contributed by atoms with E-state index in [4.69, 9.17) is 11.6 Å². The van der Waals surface area contributed by atoms with Crippen LogP contribution in [0.4, 0.5) is 15.9 Å². The zero-order chi connectivity index (χ0) is 18.1. The summed E-state index contributed by atoms with van der Waals surface area (Å²) in [6, 6.07) is 12.4. The number of hydrogen-bond acceptors (Lipinski definition) is 4. The molecule has 2 heterocycles. The third kappa shape index (κ3) is 3.28. The van der Waals surface area contributed by atoms with Gasteiger partial charge in [0.05, 0.1) is 11.3 Å². The smallest absolute Gasteiger partial charge is 0.164 e. The zero-order valence-electron chi connectivity index (χ0n) is 14.3. The standard InChI is InChI=1S/C20H18ClFN4/c1-12-4-2-3-5-17(12)24-20-15-11-23-9-8-18(15)25-19(26-20)14-10-13(21)6-7-16(14)22/h2-7,10,23H,8-9,11H2,1H3,(H,24,25,26). The van der Waals surface area contributed by atoms with Crippen LogP contribution in [-0.4, -0.2) is 16.5 Å². The van der Waals surface area contributed by atoms with Crippen LogP contribution < -0.4 is 10.6 Å². The van der Waals surface area contributed by atoms with Gasteiger partial charge in [0.25, 0.3) is 0 Å². The van der Waals surface area contributed by atoms with E-state index in [1.54, 1.807) is 6.07 Å². The number of hydrogen-bond donors (Lipinski definition) is 2. The van der Waals surface area contributed by atoms with Gasteiger partial charge in [0, 0.05) is 35.8 Å². The van der Waals surface area contributed by atoms with E-state index in [0.717, 1.165) is 35.5 Å². The Labute approximate surface area is 156 Å². The summed E-state index contributed by atoms with van der Waals surface area (Å²) in [6.07, 6.45) is 0.773. The molecular weight excluding hydrogens is 351 g/mol. The Kier molecular flexibility index (Phi) is 4.57. The second-order valence-electron chi connectivity index (χ2n) is 6.31. The third-order valence-corrected chi connectivity index (χ3v) is 4.74. The van der Waals surface area contributed by atoms with Gasteiger partial charge in [-0.15, -0.1) is 0 Å². The normalized spacial score (nSPS) is 13.3. The van der Waals surface area contributed by atoms with Crippen LogP contribution >= 0.6 is 11.6 Å². The molecule has 0 radical (unpaired) electrons. The van der Waals surface area contributed by atoms with Crippen LogP contribution in [0.3, 0.4) is 0 Å². The van der Waals surface area contributed by atoms with Crippen molar-refractivity contribution in [2.24, 2.45) is 0 Å². The van der Waals surface area contributed by atoms with Gasteiger partial charge >= 0.3 is 0 Å². The first kappa shape index (κ1) is 16.9. The lowest BCUT2D eigenvalue weighted by Gasteiger charge is -2.21. The van der Waals surface area contributed by atoms with Crippen molar-refractivity contribution >= 4 is 23.1 Å². The number of benzene rings is 2. The van der Waals surface area contributed by atoms with Gasteiger partial charge in [0.15, 0.2) is 5.82 Å². The van der Waals surface area contributed by atoms with Gasteiger partial charge in [0.1, 0.15) is 11.6 Å². The average Bonchev–Trinajstić information content (AvgIpc) is 2.65. The maximum absolute atomic E-state index is 14.3. The largest absolute Gasteiger partial charge is 0.340 e. The van der Waals surface area contributed by atoms with E-state index in [1.165, 1.54) is 12.1 Å². The first-order valence-electron chi connectivity index (χ1n) is 8.50. The molecule has 4 nitrogen and oxygen atoms in total. The van der Waals surface area contributed by atoms with E-state index >= 15 is 0 Å². The topological polar surface area (TPSA) is 49.8 Å². The number of fused-ring (bicyclic) bond motifs is 1. The van der Waals surface area contributed by atoms with Crippen molar-refractivity contribution in [2.45, 2.75) is 19.9 Å². The van der Waals surface area contributed by atoms with Crippen molar-refractivity contribution in [3.63, 3.8) is 0 Å². The Morgan fingerprint density at radius 1 is 1.15 bits per heavy atom. The Morgan fingerprint density at radius 2 is 2.00 bits per heavy atom. The predicted molar refractivity (Wildman–Crippen MR) is 102 cm³/mol. The van der Waals surface area contributed by atoms with Gasteiger partial charge in [-0.2, -0.15) is 0 Å². The fourth-order valence-corrected chi connectivity index (χ4v) is 3.25. The van der Waals surface area contributed by atoms with Crippen molar-refractivity contribution < 1.29 is 4.39 Å². The lowest BCUT2D eigenvalue weighted by molar-refractivity contribution is 0.622. The fraction of sp³-hybridized carbons (Fsp3) is 0.200. The highest BCUT2D eigenvalue weighted by Crippen LogP contribution is 2.30. The second-order valence-corrected chi connectivity index (χ2v) is 6.75. The molecule has 0 saturated carbocycles. The van der Waals surface area contributed by atoms with E-state index in [1.807, 2.05) is 31.2 Å². The highest BCUT2D eigenvalue weighted by atomic mass is 35.5. The van der Waals surface area contributed by atoms with Crippen LogP contribution in [-0.2, 0) is 13.0 Å². The molecule has 132 valence electrons. The number of nitrogens with one attached hydrogen (secondary N) is 2. The zero-order valence-corrected chi connectivity index (χ0v) is 15.1. The molecule has 0 spiro atoms. The van der Waals surface area contributed by atoms with Crippen molar-refractivity contribution in [3.05, 3.63) is 70.1 Å². The Morgan fingerprint density at radius 3 is 2.85 bits per heavy atom. The molecule has 2 N–H and O–H groups in total.